The predicted molar refractivity (Wildman–Crippen MR) is 63.8 cm³/mol. The molecule has 0 aliphatic carbocycles. The van der Waals surface area contributed by atoms with Crippen LogP contribution in [-0.2, 0) is 4.79 Å². The molecule has 0 aliphatic heterocycles. The van der Waals surface area contributed by atoms with Crippen molar-refractivity contribution < 1.29 is 24.7 Å². The Hall–Kier alpha value is -2.68. The summed E-state index contributed by atoms with van der Waals surface area (Å²) in [6.45, 7) is -0.450. The lowest BCUT2D eigenvalue weighted by atomic mass is 10.3. The van der Waals surface area contributed by atoms with Gasteiger partial charge in [0.05, 0.1) is 11.5 Å². The Balaban J connectivity index is 2.48. The SMILES string of the molecule is O=C(NCC(O)C(=O)O)Nc1ccc([N+](=O)[O-])cc1. The van der Waals surface area contributed by atoms with E-state index < -0.39 is 29.6 Å². The largest absolute Gasteiger partial charge is 0.479 e. The zero-order valence-electron chi connectivity index (χ0n) is 9.57. The second-order valence-electron chi connectivity index (χ2n) is 3.49. The van der Waals surface area contributed by atoms with Crippen LogP contribution in [0.1, 0.15) is 0 Å². The van der Waals surface area contributed by atoms with Gasteiger partial charge in [0.1, 0.15) is 0 Å². The molecule has 1 aromatic carbocycles. The van der Waals surface area contributed by atoms with Gasteiger partial charge in [0.25, 0.3) is 5.69 Å². The average molecular weight is 269 g/mol. The maximum absolute atomic E-state index is 11.3. The Morgan fingerprint density at radius 2 is 1.89 bits per heavy atom. The van der Waals surface area contributed by atoms with Crippen molar-refractivity contribution in [1.29, 1.82) is 0 Å². The zero-order chi connectivity index (χ0) is 14.4. The molecule has 2 amide bonds. The summed E-state index contributed by atoms with van der Waals surface area (Å²) in [7, 11) is 0. The number of anilines is 1. The lowest BCUT2D eigenvalue weighted by Crippen LogP contribution is -2.38. The lowest BCUT2D eigenvalue weighted by molar-refractivity contribution is -0.384. The Morgan fingerprint density at radius 3 is 2.37 bits per heavy atom. The number of aliphatic hydroxyl groups excluding tert-OH is 1. The summed E-state index contributed by atoms with van der Waals surface area (Å²) in [5.41, 5.74) is 0.181. The van der Waals surface area contributed by atoms with E-state index in [1.54, 1.807) is 0 Å². The molecule has 9 heteroatoms. The molecule has 1 unspecified atom stereocenters. The number of non-ortho nitro benzene ring substituents is 1. The van der Waals surface area contributed by atoms with Crippen LogP contribution in [0.25, 0.3) is 0 Å². The first-order valence-corrected chi connectivity index (χ1v) is 5.10. The number of hydrogen-bond acceptors (Lipinski definition) is 5. The second kappa shape index (κ2) is 6.31. The molecule has 0 aliphatic rings. The van der Waals surface area contributed by atoms with Crippen LogP contribution in [0.3, 0.4) is 0 Å². The molecule has 102 valence electrons. The molecule has 0 radical (unpaired) electrons. The minimum absolute atomic E-state index is 0.118. The minimum Gasteiger partial charge on any atom is -0.479 e. The highest BCUT2D eigenvalue weighted by Crippen LogP contribution is 2.14. The standard InChI is InChI=1S/C10H11N3O6/c14-8(9(15)16)5-11-10(17)12-6-1-3-7(4-2-6)13(18)19/h1-4,8,14H,5H2,(H,15,16)(H2,11,12,17). The maximum atomic E-state index is 11.3. The van der Waals surface area contributed by atoms with Gasteiger partial charge in [0.2, 0.25) is 0 Å². The predicted octanol–water partition coefficient (Wildman–Crippen LogP) is 0.162. The van der Waals surface area contributed by atoms with Crippen LogP contribution < -0.4 is 10.6 Å². The van der Waals surface area contributed by atoms with Crippen LogP contribution in [0.2, 0.25) is 0 Å². The molecule has 4 N–H and O–H groups in total. The van der Waals surface area contributed by atoms with E-state index in [4.69, 9.17) is 10.2 Å². The van der Waals surface area contributed by atoms with E-state index >= 15 is 0 Å². The fraction of sp³-hybridized carbons (Fsp3) is 0.200. The van der Waals surface area contributed by atoms with E-state index in [1.807, 2.05) is 0 Å². The van der Waals surface area contributed by atoms with Crippen LogP contribution in [0.15, 0.2) is 24.3 Å². The van der Waals surface area contributed by atoms with Crippen LogP contribution in [-0.4, -0.2) is 39.8 Å². The number of aliphatic hydroxyl groups is 1. The molecule has 0 spiro atoms. The molecule has 0 bridgehead atoms. The molecule has 0 heterocycles. The van der Waals surface area contributed by atoms with Gasteiger partial charge < -0.3 is 20.8 Å². The van der Waals surface area contributed by atoms with Gasteiger partial charge in [0.15, 0.2) is 6.10 Å². The number of carbonyl (C=O) groups is 2. The van der Waals surface area contributed by atoms with Crippen LogP contribution in [0.5, 0.6) is 0 Å². The monoisotopic (exact) mass is 269 g/mol. The number of hydrogen-bond donors (Lipinski definition) is 4. The molecule has 9 nitrogen and oxygen atoms in total. The average Bonchev–Trinajstić information content (AvgIpc) is 2.36. The summed E-state index contributed by atoms with van der Waals surface area (Å²) in [6, 6.07) is 4.34. The third-order valence-corrected chi connectivity index (χ3v) is 2.08. The van der Waals surface area contributed by atoms with Crippen molar-refractivity contribution >= 4 is 23.4 Å². The number of nitro benzene ring substituents is 1. The highest BCUT2D eigenvalue weighted by molar-refractivity contribution is 5.89. The number of nitrogens with one attached hydrogen (secondary N) is 2. The molecule has 0 saturated carbocycles. The van der Waals surface area contributed by atoms with Gasteiger partial charge >= 0.3 is 12.0 Å². The van der Waals surface area contributed by atoms with Crippen LogP contribution >= 0.6 is 0 Å². The van der Waals surface area contributed by atoms with Gasteiger partial charge in [-0.2, -0.15) is 0 Å². The third-order valence-electron chi connectivity index (χ3n) is 2.08. The Kier molecular flexibility index (Phi) is 4.77. The van der Waals surface area contributed by atoms with E-state index in [0.717, 1.165) is 0 Å². The fourth-order valence-corrected chi connectivity index (χ4v) is 1.12. The highest BCUT2D eigenvalue weighted by Gasteiger charge is 2.14. The molecular formula is C10H11N3O6. The number of nitrogens with zero attached hydrogens (tertiary/aromatic N) is 1. The van der Waals surface area contributed by atoms with Crippen LogP contribution in [0.4, 0.5) is 16.2 Å². The van der Waals surface area contributed by atoms with Crippen molar-refractivity contribution in [1.82, 2.24) is 5.32 Å². The highest BCUT2D eigenvalue weighted by atomic mass is 16.6. The summed E-state index contributed by atoms with van der Waals surface area (Å²) in [5.74, 6) is -1.45. The minimum atomic E-state index is -1.69. The Morgan fingerprint density at radius 1 is 1.32 bits per heavy atom. The fourth-order valence-electron chi connectivity index (χ4n) is 1.12. The summed E-state index contributed by atoms with van der Waals surface area (Å²) in [6.07, 6.45) is -1.69. The van der Waals surface area contributed by atoms with Gasteiger partial charge in [-0.15, -0.1) is 0 Å². The first-order chi connectivity index (χ1) is 8.90. The van der Waals surface area contributed by atoms with Crippen molar-refractivity contribution in [3.8, 4) is 0 Å². The molecule has 1 aromatic rings. The molecule has 1 atom stereocenters. The van der Waals surface area contributed by atoms with E-state index in [1.165, 1.54) is 24.3 Å². The van der Waals surface area contributed by atoms with Gasteiger partial charge in [-0.1, -0.05) is 0 Å². The Bertz CT molecular complexity index is 487. The van der Waals surface area contributed by atoms with Gasteiger partial charge in [0, 0.05) is 17.8 Å². The molecule has 0 aromatic heterocycles. The smallest absolute Gasteiger partial charge is 0.334 e. The number of nitro groups is 1. The second-order valence-corrected chi connectivity index (χ2v) is 3.49. The van der Waals surface area contributed by atoms with Crippen molar-refractivity contribution in [2.45, 2.75) is 6.10 Å². The number of carboxylic acids is 1. The number of rotatable bonds is 5. The number of carbonyl (C=O) groups excluding carboxylic acids is 1. The van der Waals surface area contributed by atoms with E-state index in [2.05, 4.69) is 10.6 Å². The summed E-state index contributed by atoms with van der Waals surface area (Å²) in [4.78, 5) is 31.4. The molecule has 0 saturated heterocycles. The Labute approximate surface area is 107 Å². The van der Waals surface area contributed by atoms with Crippen molar-refractivity contribution in [3.05, 3.63) is 34.4 Å². The van der Waals surface area contributed by atoms with Crippen molar-refractivity contribution in [2.24, 2.45) is 0 Å². The van der Waals surface area contributed by atoms with E-state index in [9.17, 15) is 19.7 Å². The molecular weight excluding hydrogens is 258 g/mol. The maximum Gasteiger partial charge on any atom is 0.334 e. The molecule has 1 rings (SSSR count). The first-order valence-electron chi connectivity index (χ1n) is 5.10. The van der Waals surface area contributed by atoms with Gasteiger partial charge in [-0.3, -0.25) is 10.1 Å². The van der Waals surface area contributed by atoms with Gasteiger partial charge in [-0.25, -0.2) is 9.59 Å². The van der Waals surface area contributed by atoms with E-state index in [0.29, 0.717) is 5.69 Å². The number of carboxylic acid groups (broad SMARTS) is 1. The molecule has 19 heavy (non-hydrogen) atoms. The summed E-state index contributed by atoms with van der Waals surface area (Å²) < 4.78 is 0. The lowest BCUT2D eigenvalue weighted by Gasteiger charge is -2.09. The van der Waals surface area contributed by atoms with Gasteiger partial charge in [-0.05, 0) is 12.1 Å². The van der Waals surface area contributed by atoms with Crippen LogP contribution in [0, 0.1) is 10.1 Å². The van der Waals surface area contributed by atoms with E-state index in [-0.39, 0.29) is 5.69 Å². The van der Waals surface area contributed by atoms with Crippen molar-refractivity contribution in [2.75, 3.05) is 11.9 Å². The normalized spacial score (nSPS) is 11.4. The number of benzene rings is 1. The first kappa shape index (κ1) is 14.4. The summed E-state index contributed by atoms with van der Waals surface area (Å²) >= 11 is 0. The number of amides is 2. The zero-order valence-corrected chi connectivity index (χ0v) is 9.57. The number of aliphatic carboxylic acids is 1. The van der Waals surface area contributed by atoms with Crippen molar-refractivity contribution in [3.63, 3.8) is 0 Å². The topological polar surface area (TPSA) is 142 Å². The third kappa shape index (κ3) is 4.60. The summed E-state index contributed by atoms with van der Waals surface area (Å²) in [5, 5.41) is 32.2. The molecule has 0 fully saturated rings. The number of urea groups is 1. The quantitative estimate of drug-likeness (QED) is 0.443.